The molecule has 0 N–H and O–H groups in total. The van der Waals surface area contributed by atoms with Gasteiger partial charge in [0, 0.05) is 57.8 Å². The first-order chi connectivity index (χ1) is 12.5. The minimum absolute atomic E-state index is 0.000731. The maximum atomic E-state index is 12.9. The lowest BCUT2D eigenvalue weighted by Gasteiger charge is -2.37. The first-order valence-electron chi connectivity index (χ1n) is 9.41. The smallest absolute Gasteiger partial charge is 0.272 e. The number of aromatic nitrogens is 2. The standard InChI is InChI=1S/C18H27N5O3/c1-14-13-15(16(24)22-9-7-21(2)8-10-22)20-17(19-14)23-5-3-18(4-6-23)25-11-12-26-18/h13H,3-12H2,1-2H3. The highest BCUT2D eigenvalue weighted by Crippen LogP contribution is 2.32. The molecule has 4 heterocycles. The number of aryl methyl sites for hydroxylation is 1. The van der Waals surface area contributed by atoms with E-state index < -0.39 is 5.79 Å². The number of rotatable bonds is 2. The molecule has 3 aliphatic heterocycles. The number of carbonyl (C=O) groups is 1. The number of ether oxygens (including phenoxy) is 2. The zero-order chi connectivity index (χ0) is 18.1. The summed E-state index contributed by atoms with van der Waals surface area (Å²) in [5.74, 6) is 0.217. The van der Waals surface area contributed by atoms with Crippen molar-refractivity contribution < 1.29 is 14.3 Å². The van der Waals surface area contributed by atoms with Gasteiger partial charge in [-0.25, -0.2) is 9.97 Å². The van der Waals surface area contributed by atoms with Gasteiger partial charge in [0.15, 0.2) is 5.79 Å². The summed E-state index contributed by atoms with van der Waals surface area (Å²) < 4.78 is 11.6. The molecule has 0 radical (unpaired) electrons. The van der Waals surface area contributed by atoms with Crippen LogP contribution < -0.4 is 4.90 Å². The van der Waals surface area contributed by atoms with Crippen LogP contribution in [0.2, 0.25) is 0 Å². The van der Waals surface area contributed by atoms with Crippen LogP contribution in [0, 0.1) is 6.92 Å². The number of piperazine rings is 1. The number of nitrogens with zero attached hydrogens (tertiary/aromatic N) is 5. The molecule has 4 rings (SSSR count). The summed E-state index contributed by atoms with van der Waals surface area (Å²) in [5, 5.41) is 0. The van der Waals surface area contributed by atoms with E-state index in [1.165, 1.54) is 0 Å². The number of amides is 1. The third-order valence-corrected chi connectivity index (χ3v) is 5.47. The Hall–Kier alpha value is -1.77. The van der Waals surface area contributed by atoms with Gasteiger partial charge in [0.1, 0.15) is 5.69 Å². The van der Waals surface area contributed by atoms with E-state index in [1.807, 2.05) is 11.8 Å². The van der Waals surface area contributed by atoms with Gasteiger partial charge in [-0.05, 0) is 20.0 Å². The molecule has 8 heteroatoms. The Morgan fingerprint density at radius 1 is 1.04 bits per heavy atom. The Labute approximate surface area is 154 Å². The van der Waals surface area contributed by atoms with Gasteiger partial charge >= 0.3 is 0 Å². The molecule has 3 aliphatic rings. The van der Waals surface area contributed by atoms with E-state index in [2.05, 4.69) is 26.8 Å². The third kappa shape index (κ3) is 3.54. The summed E-state index contributed by atoms with van der Waals surface area (Å²) >= 11 is 0. The Balaban J connectivity index is 1.47. The predicted octanol–water partition coefficient (Wildman–Crippen LogP) is 0.516. The van der Waals surface area contributed by atoms with Crippen LogP contribution in [0.25, 0.3) is 0 Å². The van der Waals surface area contributed by atoms with Gasteiger partial charge in [-0.2, -0.15) is 0 Å². The highest BCUT2D eigenvalue weighted by Gasteiger charge is 2.40. The summed E-state index contributed by atoms with van der Waals surface area (Å²) in [7, 11) is 2.08. The van der Waals surface area contributed by atoms with Gasteiger partial charge in [-0.15, -0.1) is 0 Å². The largest absolute Gasteiger partial charge is 0.347 e. The highest BCUT2D eigenvalue weighted by molar-refractivity contribution is 5.92. The number of carbonyl (C=O) groups excluding carboxylic acids is 1. The normalized spacial score (nSPS) is 23.6. The van der Waals surface area contributed by atoms with Crippen molar-refractivity contribution in [2.75, 3.05) is 64.4 Å². The maximum absolute atomic E-state index is 12.9. The molecule has 1 aromatic heterocycles. The second kappa shape index (κ2) is 7.09. The molecule has 8 nitrogen and oxygen atoms in total. The summed E-state index contributed by atoms with van der Waals surface area (Å²) in [4.78, 5) is 28.3. The van der Waals surface area contributed by atoms with Crippen LogP contribution in [-0.2, 0) is 9.47 Å². The van der Waals surface area contributed by atoms with E-state index in [-0.39, 0.29) is 5.91 Å². The minimum Gasteiger partial charge on any atom is -0.347 e. The van der Waals surface area contributed by atoms with Crippen LogP contribution in [-0.4, -0.2) is 91.0 Å². The number of anilines is 1. The van der Waals surface area contributed by atoms with Crippen molar-refractivity contribution in [3.63, 3.8) is 0 Å². The molecular weight excluding hydrogens is 334 g/mol. The van der Waals surface area contributed by atoms with Crippen molar-refractivity contribution in [3.8, 4) is 0 Å². The van der Waals surface area contributed by atoms with Crippen LogP contribution in [0.1, 0.15) is 29.0 Å². The molecule has 1 amide bonds. The van der Waals surface area contributed by atoms with E-state index in [1.54, 1.807) is 6.07 Å². The summed E-state index contributed by atoms with van der Waals surface area (Å²) in [6.07, 6.45) is 1.60. The molecule has 3 fully saturated rings. The molecule has 1 aromatic rings. The van der Waals surface area contributed by atoms with Crippen LogP contribution in [0.5, 0.6) is 0 Å². The zero-order valence-electron chi connectivity index (χ0n) is 15.6. The van der Waals surface area contributed by atoms with Gasteiger partial charge in [0.05, 0.1) is 13.2 Å². The average molecular weight is 361 g/mol. The molecule has 0 unspecified atom stereocenters. The molecule has 26 heavy (non-hydrogen) atoms. The molecular formula is C18H27N5O3. The van der Waals surface area contributed by atoms with Crippen LogP contribution >= 0.6 is 0 Å². The van der Waals surface area contributed by atoms with E-state index in [0.717, 1.165) is 57.8 Å². The first kappa shape index (κ1) is 17.6. The Morgan fingerprint density at radius 2 is 1.69 bits per heavy atom. The van der Waals surface area contributed by atoms with Crippen molar-refractivity contribution in [3.05, 3.63) is 17.5 Å². The van der Waals surface area contributed by atoms with Crippen molar-refractivity contribution >= 4 is 11.9 Å². The lowest BCUT2D eigenvalue weighted by Crippen LogP contribution is -2.47. The second-order valence-electron chi connectivity index (χ2n) is 7.38. The van der Waals surface area contributed by atoms with E-state index >= 15 is 0 Å². The number of hydrogen-bond acceptors (Lipinski definition) is 7. The zero-order valence-corrected chi connectivity index (χ0v) is 15.6. The van der Waals surface area contributed by atoms with Gasteiger partial charge in [-0.3, -0.25) is 4.79 Å². The summed E-state index contributed by atoms with van der Waals surface area (Å²) in [6, 6.07) is 1.79. The average Bonchev–Trinajstić information content (AvgIpc) is 3.10. The number of hydrogen-bond donors (Lipinski definition) is 0. The second-order valence-corrected chi connectivity index (χ2v) is 7.38. The van der Waals surface area contributed by atoms with Gasteiger partial charge < -0.3 is 24.2 Å². The van der Waals surface area contributed by atoms with Crippen LogP contribution in [0.15, 0.2) is 6.07 Å². The van der Waals surface area contributed by atoms with Gasteiger partial charge in [0.25, 0.3) is 5.91 Å². The fourth-order valence-electron chi connectivity index (χ4n) is 3.81. The lowest BCUT2D eigenvalue weighted by molar-refractivity contribution is -0.169. The van der Waals surface area contributed by atoms with Crippen molar-refractivity contribution in [1.82, 2.24) is 19.8 Å². The number of likely N-dealkylation sites (N-methyl/N-ethyl adjacent to an activating group) is 1. The van der Waals surface area contributed by atoms with Crippen molar-refractivity contribution in [2.24, 2.45) is 0 Å². The van der Waals surface area contributed by atoms with Crippen molar-refractivity contribution in [1.29, 1.82) is 0 Å². The van der Waals surface area contributed by atoms with Crippen LogP contribution in [0.3, 0.4) is 0 Å². The van der Waals surface area contributed by atoms with E-state index in [0.29, 0.717) is 24.9 Å². The monoisotopic (exact) mass is 361 g/mol. The van der Waals surface area contributed by atoms with Crippen molar-refractivity contribution in [2.45, 2.75) is 25.6 Å². The fraction of sp³-hybridized carbons (Fsp3) is 0.722. The molecule has 3 saturated heterocycles. The van der Waals surface area contributed by atoms with Gasteiger partial charge in [-0.1, -0.05) is 0 Å². The Kier molecular flexibility index (Phi) is 4.81. The summed E-state index contributed by atoms with van der Waals surface area (Å²) in [5.41, 5.74) is 1.31. The highest BCUT2D eigenvalue weighted by atomic mass is 16.7. The molecule has 0 saturated carbocycles. The summed E-state index contributed by atoms with van der Waals surface area (Å²) in [6.45, 7) is 8.09. The Morgan fingerprint density at radius 3 is 2.35 bits per heavy atom. The quantitative estimate of drug-likeness (QED) is 0.760. The molecule has 0 bridgehead atoms. The SMILES string of the molecule is Cc1cc(C(=O)N2CCN(C)CC2)nc(N2CCC3(CC2)OCCO3)n1. The predicted molar refractivity (Wildman–Crippen MR) is 96.3 cm³/mol. The molecule has 0 aliphatic carbocycles. The van der Waals surface area contributed by atoms with E-state index in [4.69, 9.17) is 9.47 Å². The molecule has 1 spiro atoms. The third-order valence-electron chi connectivity index (χ3n) is 5.47. The maximum Gasteiger partial charge on any atom is 0.272 e. The first-order valence-corrected chi connectivity index (χ1v) is 9.41. The van der Waals surface area contributed by atoms with E-state index in [9.17, 15) is 4.79 Å². The Bertz CT molecular complexity index is 659. The minimum atomic E-state index is -0.418. The van der Waals surface area contributed by atoms with Gasteiger partial charge in [0.2, 0.25) is 5.95 Å². The topological polar surface area (TPSA) is 71.0 Å². The molecule has 0 aromatic carbocycles. The fourth-order valence-corrected chi connectivity index (χ4v) is 3.81. The lowest BCUT2D eigenvalue weighted by atomic mass is 10.0. The molecule has 0 atom stereocenters. The number of piperidine rings is 1. The van der Waals surface area contributed by atoms with Crippen LogP contribution in [0.4, 0.5) is 5.95 Å². The molecule has 142 valence electrons.